The number of nitrogens with zero attached hydrogens (tertiary/aromatic N) is 3. The number of hydrogen-bond donors (Lipinski definition) is 1. The maximum absolute atomic E-state index is 12.0. The highest BCUT2D eigenvalue weighted by Crippen LogP contribution is 2.12. The van der Waals surface area contributed by atoms with Crippen molar-refractivity contribution in [2.75, 3.05) is 6.61 Å². The summed E-state index contributed by atoms with van der Waals surface area (Å²) in [4.78, 5) is 16.3. The lowest BCUT2D eigenvalue weighted by molar-refractivity contribution is -0.121. The molecular weight excluding hydrogens is 340 g/mol. The third-order valence-corrected chi connectivity index (χ3v) is 4.16. The molecule has 6 nitrogen and oxygen atoms in total. The van der Waals surface area contributed by atoms with E-state index >= 15 is 0 Å². The predicted octanol–water partition coefficient (Wildman–Crippen LogP) is 3.76. The van der Waals surface area contributed by atoms with E-state index in [0.29, 0.717) is 13.0 Å². The number of imidazole rings is 1. The summed E-state index contributed by atoms with van der Waals surface area (Å²) in [6.07, 6.45) is 5.87. The maximum Gasteiger partial charge on any atom is 0.241 e. The molecule has 0 radical (unpaired) electrons. The van der Waals surface area contributed by atoms with E-state index in [1.54, 1.807) is 12.5 Å². The van der Waals surface area contributed by atoms with Crippen LogP contribution in [0.4, 0.5) is 0 Å². The normalized spacial score (nSPS) is 11.1. The lowest BCUT2D eigenvalue weighted by atomic mass is 10.2. The molecular formula is C21H24N4O2. The molecule has 6 heteroatoms. The summed E-state index contributed by atoms with van der Waals surface area (Å²) in [5.41, 5.74) is 5.42. The molecule has 0 saturated carbocycles. The van der Waals surface area contributed by atoms with Gasteiger partial charge in [0.2, 0.25) is 5.91 Å². The van der Waals surface area contributed by atoms with Crippen molar-refractivity contribution in [1.82, 2.24) is 15.0 Å². The minimum Gasteiger partial charge on any atom is -0.494 e. The van der Waals surface area contributed by atoms with Gasteiger partial charge < -0.3 is 9.30 Å². The Morgan fingerprint density at radius 1 is 1.22 bits per heavy atom. The second-order valence-corrected chi connectivity index (χ2v) is 6.24. The first-order valence-corrected chi connectivity index (χ1v) is 9.21. The number of amides is 1. The van der Waals surface area contributed by atoms with Gasteiger partial charge in [-0.2, -0.15) is 5.10 Å². The van der Waals surface area contributed by atoms with Gasteiger partial charge in [0.05, 0.1) is 30.2 Å². The van der Waals surface area contributed by atoms with Crippen LogP contribution >= 0.6 is 0 Å². The van der Waals surface area contributed by atoms with Crippen LogP contribution in [-0.4, -0.2) is 28.3 Å². The molecule has 0 atom stereocenters. The van der Waals surface area contributed by atoms with Crippen molar-refractivity contribution in [1.29, 1.82) is 0 Å². The summed E-state index contributed by atoms with van der Waals surface area (Å²) in [7, 11) is 0. The zero-order chi connectivity index (χ0) is 18.9. The fourth-order valence-corrected chi connectivity index (χ4v) is 2.63. The molecule has 0 aliphatic carbocycles. The molecule has 0 unspecified atom stereocenters. The number of hydrogen-bond acceptors (Lipinski definition) is 4. The van der Waals surface area contributed by atoms with Crippen LogP contribution in [0.2, 0.25) is 0 Å². The Bertz CT molecular complexity index is 900. The molecule has 0 spiro atoms. The maximum atomic E-state index is 12.0. The number of carbonyl (C=O) groups excluding carboxylic acids is 1. The van der Waals surface area contributed by atoms with Gasteiger partial charge in [0, 0.05) is 13.0 Å². The molecule has 27 heavy (non-hydrogen) atoms. The average molecular weight is 364 g/mol. The molecule has 0 fully saturated rings. The van der Waals surface area contributed by atoms with Gasteiger partial charge in [-0.15, -0.1) is 0 Å². The number of nitrogens with one attached hydrogen (secondary N) is 1. The van der Waals surface area contributed by atoms with E-state index in [2.05, 4.69) is 22.4 Å². The summed E-state index contributed by atoms with van der Waals surface area (Å²) in [5, 5.41) is 4.02. The van der Waals surface area contributed by atoms with Crippen molar-refractivity contribution >= 4 is 23.2 Å². The molecule has 140 valence electrons. The predicted molar refractivity (Wildman–Crippen MR) is 107 cm³/mol. The fourth-order valence-electron chi connectivity index (χ4n) is 2.63. The topological polar surface area (TPSA) is 68.5 Å². The number of carbonyl (C=O) groups is 1. The molecule has 1 heterocycles. The van der Waals surface area contributed by atoms with E-state index in [9.17, 15) is 4.79 Å². The first kappa shape index (κ1) is 18.6. The van der Waals surface area contributed by atoms with Crippen molar-refractivity contribution < 1.29 is 9.53 Å². The highest BCUT2D eigenvalue weighted by atomic mass is 16.5. The van der Waals surface area contributed by atoms with Gasteiger partial charge >= 0.3 is 0 Å². The fraction of sp³-hybridized carbons (Fsp3) is 0.286. The number of hydrazone groups is 1. The first-order valence-electron chi connectivity index (χ1n) is 9.21. The minimum atomic E-state index is -0.136. The number of aromatic nitrogens is 2. The second-order valence-electron chi connectivity index (χ2n) is 6.24. The highest BCUT2D eigenvalue weighted by molar-refractivity contribution is 5.82. The number of rotatable bonds is 9. The van der Waals surface area contributed by atoms with Crippen LogP contribution in [0.3, 0.4) is 0 Å². The molecule has 2 aromatic carbocycles. The van der Waals surface area contributed by atoms with Crippen LogP contribution in [0.25, 0.3) is 11.0 Å². The van der Waals surface area contributed by atoms with Crippen LogP contribution in [0.1, 0.15) is 31.7 Å². The molecule has 1 amide bonds. The van der Waals surface area contributed by atoms with Gasteiger partial charge in [-0.3, -0.25) is 4.79 Å². The Labute approximate surface area is 158 Å². The largest absolute Gasteiger partial charge is 0.494 e. The Kier molecular flexibility index (Phi) is 6.57. The standard InChI is InChI=1S/C21H24N4O2/c1-2-3-14-27-18-10-8-17(9-11-18)15-23-24-21(26)12-13-25-16-22-19-6-4-5-7-20(19)25/h4-11,15-16H,2-3,12-14H2,1H3,(H,24,26)/b23-15-. The molecule has 0 bridgehead atoms. The Balaban J connectivity index is 1.44. The molecule has 1 aromatic heterocycles. The molecule has 0 saturated heterocycles. The summed E-state index contributed by atoms with van der Waals surface area (Å²) in [5.74, 6) is 0.709. The van der Waals surface area contributed by atoms with Crippen molar-refractivity contribution in [3.05, 3.63) is 60.4 Å². The minimum absolute atomic E-state index is 0.136. The summed E-state index contributed by atoms with van der Waals surface area (Å²) in [6.45, 7) is 3.42. The van der Waals surface area contributed by atoms with Crippen molar-refractivity contribution in [2.24, 2.45) is 5.10 Å². The van der Waals surface area contributed by atoms with E-state index < -0.39 is 0 Å². The van der Waals surface area contributed by atoms with E-state index in [1.165, 1.54) is 0 Å². The Hall–Kier alpha value is -3.15. The number of unbranched alkanes of at least 4 members (excludes halogenated alkanes) is 1. The number of benzene rings is 2. The number of fused-ring (bicyclic) bond motifs is 1. The molecule has 3 rings (SSSR count). The highest BCUT2D eigenvalue weighted by Gasteiger charge is 2.04. The third-order valence-electron chi connectivity index (χ3n) is 4.16. The first-order chi connectivity index (χ1) is 13.3. The molecule has 3 aromatic rings. The Morgan fingerprint density at radius 2 is 2.04 bits per heavy atom. The van der Waals surface area contributed by atoms with Gasteiger partial charge in [-0.1, -0.05) is 25.5 Å². The van der Waals surface area contributed by atoms with Gasteiger partial charge in [-0.25, -0.2) is 10.4 Å². The zero-order valence-electron chi connectivity index (χ0n) is 15.5. The van der Waals surface area contributed by atoms with E-state index in [-0.39, 0.29) is 5.91 Å². The second kappa shape index (κ2) is 9.52. The van der Waals surface area contributed by atoms with Gasteiger partial charge in [0.15, 0.2) is 0 Å². The summed E-state index contributed by atoms with van der Waals surface area (Å²) >= 11 is 0. The SMILES string of the molecule is CCCCOc1ccc(/C=N\NC(=O)CCn2cnc3ccccc32)cc1. The van der Waals surface area contributed by atoms with Gasteiger partial charge in [0.25, 0.3) is 0 Å². The monoisotopic (exact) mass is 364 g/mol. The quantitative estimate of drug-likeness (QED) is 0.357. The smallest absolute Gasteiger partial charge is 0.241 e. The lowest BCUT2D eigenvalue weighted by Crippen LogP contribution is -2.19. The molecule has 0 aliphatic heterocycles. The molecule has 1 N–H and O–H groups in total. The van der Waals surface area contributed by atoms with E-state index in [1.807, 2.05) is 53.1 Å². The number of aryl methyl sites for hydroxylation is 1. The zero-order valence-corrected chi connectivity index (χ0v) is 15.5. The van der Waals surface area contributed by atoms with E-state index in [0.717, 1.165) is 41.8 Å². The number of ether oxygens (including phenoxy) is 1. The van der Waals surface area contributed by atoms with Crippen LogP contribution in [0.15, 0.2) is 60.0 Å². The number of para-hydroxylation sites is 2. The van der Waals surface area contributed by atoms with Crippen LogP contribution in [0, 0.1) is 0 Å². The summed E-state index contributed by atoms with van der Waals surface area (Å²) in [6, 6.07) is 15.5. The van der Waals surface area contributed by atoms with E-state index in [4.69, 9.17) is 4.74 Å². The van der Waals surface area contributed by atoms with Gasteiger partial charge in [0.1, 0.15) is 5.75 Å². The van der Waals surface area contributed by atoms with Crippen LogP contribution < -0.4 is 10.2 Å². The van der Waals surface area contributed by atoms with Crippen molar-refractivity contribution in [2.45, 2.75) is 32.7 Å². The van der Waals surface area contributed by atoms with Gasteiger partial charge in [-0.05, 0) is 48.4 Å². The van der Waals surface area contributed by atoms with Crippen molar-refractivity contribution in [3.8, 4) is 5.75 Å². The van der Waals surface area contributed by atoms with Crippen molar-refractivity contribution in [3.63, 3.8) is 0 Å². The lowest BCUT2D eigenvalue weighted by Gasteiger charge is -2.05. The molecule has 0 aliphatic rings. The Morgan fingerprint density at radius 3 is 2.85 bits per heavy atom. The van der Waals surface area contributed by atoms with Crippen LogP contribution in [0.5, 0.6) is 5.75 Å². The summed E-state index contributed by atoms with van der Waals surface area (Å²) < 4.78 is 7.59. The third kappa shape index (κ3) is 5.41. The van der Waals surface area contributed by atoms with Crippen LogP contribution in [-0.2, 0) is 11.3 Å². The average Bonchev–Trinajstić information content (AvgIpc) is 3.11.